The summed E-state index contributed by atoms with van der Waals surface area (Å²) in [4.78, 5) is 24.2. The number of ether oxygens (including phenoxy) is 1. The number of anilines is 1. The molecule has 7 nitrogen and oxygen atoms in total. The van der Waals surface area contributed by atoms with E-state index >= 15 is 0 Å². The lowest BCUT2D eigenvalue weighted by atomic mass is 10.0. The van der Waals surface area contributed by atoms with E-state index in [1.165, 1.54) is 16.6 Å². The second-order valence-electron chi connectivity index (χ2n) is 6.61. The molecule has 1 saturated carbocycles. The Morgan fingerprint density at radius 1 is 1.32 bits per heavy atom. The number of carbonyl (C=O) groups excluding carboxylic acids is 2. The van der Waals surface area contributed by atoms with Crippen molar-refractivity contribution in [1.82, 2.24) is 5.32 Å². The highest BCUT2D eigenvalue weighted by atomic mass is 32.2. The van der Waals surface area contributed by atoms with Gasteiger partial charge in [-0.05, 0) is 56.4 Å². The molecule has 1 atom stereocenters. The minimum Gasteiger partial charge on any atom is -0.449 e. The van der Waals surface area contributed by atoms with Gasteiger partial charge in [-0.1, -0.05) is 0 Å². The molecule has 1 N–H and O–H groups in total. The van der Waals surface area contributed by atoms with E-state index in [0.29, 0.717) is 30.6 Å². The average Bonchev–Trinajstić information content (AvgIpc) is 3.36. The SMILES string of the molecule is C[C@@H](OC(=O)c1ccc2c(c1)CCCN2S(C)(=O)=O)C(=O)NC1CC1. The van der Waals surface area contributed by atoms with Crippen molar-refractivity contribution in [2.45, 2.75) is 44.8 Å². The van der Waals surface area contributed by atoms with Crippen LogP contribution in [0.4, 0.5) is 5.69 Å². The molecule has 3 rings (SSSR count). The van der Waals surface area contributed by atoms with Crippen LogP contribution >= 0.6 is 0 Å². The molecule has 0 spiro atoms. The third-order valence-electron chi connectivity index (χ3n) is 4.37. The summed E-state index contributed by atoms with van der Waals surface area (Å²) in [6, 6.07) is 5.02. The van der Waals surface area contributed by atoms with Crippen molar-refractivity contribution in [3.63, 3.8) is 0 Å². The van der Waals surface area contributed by atoms with Crippen LogP contribution in [-0.4, -0.2) is 45.2 Å². The minimum absolute atomic E-state index is 0.208. The number of hydrogen-bond donors (Lipinski definition) is 1. The van der Waals surface area contributed by atoms with E-state index in [0.717, 1.165) is 18.4 Å². The van der Waals surface area contributed by atoms with Crippen LogP contribution < -0.4 is 9.62 Å². The molecule has 1 heterocycles. The Balaban J connectivity index is 1.72. The number of rotatable bonds is 5. The molecular formula is C17H22N2O5S. The van der Waals surface area contributed by atoms with Crippen molar-refractivity contribution < 1.29 is 22.7 Å². The summed E-state index contributed by atoms with van der Waals surface area (Å²) in [5.74, 6) is -0.880. The second kappa shape index (κ2) is 6.67. The molecule has 136 valence electrons. The molecule has 1 aliphatic heterocycles. The summed E-state index contributed by atoms with van der Waals surface area (Å²) in [5, 5.41) is 2.79. The predicted molar refractivity (Wildman–Crippen MR) is 93.0 cm³/mol. The zero-order valence-electron chi connectivity index (χ0n) is 14.3. The number of nitrogens with zero attached hydrogens (tertiary/aromatic N) is 1. The molecule has 0 unspecified atom stereocenters. The van der Waals surface area contributed by atoms with Crippen molar-refractivity contribution in [3.05, 3.63) is 29.3 Å². The van der Waals surface area contributed by atoms with E-state index in [2.05, 4.69) is 5.32 Å². The summed E-state index contributed by atoms with van der Waals surface area (Å²) in [7, 11) is -3.34. The molecule has 1 amide bonds. The van der Waals surface area contributed by atoms with Gasteiger partial charge in [-0.15, -0.1) is 0 Å². The Kier molecular flexibility index (Phi) is 4.73. The van der Waals surface area contributed by atoms with Gasteiger partial charge in [-0.2, -0.15) is 0 Å². The zero-order valence-corrected chi connectivity index (χ0v) is 15.1. The highest BCUT2D eigenvalue weighted by Crippen LogP contribution is 2.30. The number of esters is 1. The zero-order chi connectivity index (χ0) is 18.2. The summed E-state index contributed by atoms with van der Waals surface area (Å²) in [5.41, 5.74) is 1.71. The number of sulfonamides is 1. The smallest absolute Gasteiger partial charge is 0.338 e. The van der Waals surface area contributed by atoms with Crippen LogP contribution in [0.1, 0.15) is 42.1 Å². The van der Waals surface area contributed by atoms with Gasteiger partial charge in [0.05, 0.1) is 17.5 Å². The van der Waals surface area contributed by atoms with E-state index in [9.17, 15) is 18.0 Å². The molecule has 0 radical (unpaired) electrons. The van der Waals surface area contributed by atoms with Gasteiger partial charge in [-0.25, -0.2) is 13.2 Å². The summed E-state index contributed by atoms with van der Waals surface area (Å²) in [6.07, 6.45) is 3.63. The normalized spacial score (nSPS) is 18.2. The van der Waals surface area contributed by atoms with Crippen molar-refractivity contribution in [3.8, 4) is 0 Å². The summed E-state index contributed by atoms with van der Waals surface area (Å²) >= 11 is 0. The number of nitrogens with one attached hydrogen (secondary N) is 1. The summed E-state index contributed by atoms with van der Waals surface area (Å²) < 4.78 is 30.3. The molecule has 1 aliphatic carbocycles. The van der Waals surface area contributed by atoms with Crippen LogP contribution in [0.3, 0.4) is 0 Å². The lowest BCUT2D eigenvalue weighted by molar-refractivity contribution is -0.129. The Labute approximate surface area is 147 Å². The van der Waals surface area contributed by atoms with Gasteiger partial charge in [0.15, 0.2) is 6.10 Å². The number of fused-ring (bicyclic) bond motifs is 1. The highest BCUT2D eigenvalue weighted by molar-refractivity contribution is 7.92. The largest absolute Gasteiger partial charge is 0.449 e. The van der Waals surface area contributed by atoms with Crippen molar-refractivity contribution in [1.29, 1.82) is 0 Å². The second-order valence-corrected chi connectivity index (χ2v) is 8.52. The third kappa shape index (κ3) is 4.12. The number of hydrogen-bond acceptors (Lipinski definition) is 5. The van der Waals surface area contributed by atoms with Gasteiger partial charge in [0, 0.05) is 12.6 Å². The molecule has 25 heavy (non-hydrogen) atoms. The molecular weight excluding hydrogens is 344 g/mol. The van der Waals surface area contributed by atoms with Crippen LogP contribution in [0.25, 0.3) is 0 Å². The highest BCUT2D eigenvalue weighted by Gasteiger charge is 2.28. The maximum absolute atomic E-state index is 12.3. The first-order valence-electron chi connectivity index (χ1n) is 8.37. The van der Waals surface area contributed by atoms with E-state index in [1.807, 2.05) is 0 Å². The van der Waals surface area contributed by atoms with Gasteiger partial charge in [-0.3, -0.25) is 9.10 Å². The number of aryl methyl sites for hydroxylation is 1. The minimum atomic E-state index is -3.34. The molecule has 2 aliphatic rings. The fourth-order valence-corrected chi connectivity index (χ4v) is 3.86. The van der Waals surface area contributed by atoms with Gasteiger partial charge in [0.2, 0.25) is 10.0 Å². The van der Waals surface area contributed by atoms with Crippen molar-refractivity contribution in [2.24, 2.45) is 0 Å². The van der Waals surface area contributed by atoms with Crippen LogP contribution in [0, 0.1) is 0 Å². The van der Waals surface area contributed by atoms with E-state index < -0.39 is 22.1 Å². The van der Waals surface area contributed by atoms with Crippen LogP contribution in [0.15, 0.2) is 18.2 Å². The molecule has 0 bridgehead atoms. The van der Waals surface area contributed by atoms with Gasteiger partial charge in [0.1, 0.15) is 0 Å². The first kappa shape index (κ1) is 17.7. The molecule has 0 saturated heterocycles. The summed E-state index contributed by atoms with van der Waals surface area (Å²) in [6.45, 7) is 1.98. The van der Waals surface area contributed by atoms with Crippen molar-refractivity contribution >= 4 is 27.6 Å². The first-order chi connectivity index (χ1) is 11.8. The fourth-order valence-electron chi connectivity index (χ4n) is 2.86. The van der Waals surface area contributed by atoms with Crippen LogP contribution in [0.2, 0.25) is 0 Å². The maximum Gasteiger partial charge on any atom is 0.338 e. The van der Waals surface area contributed by atoms with Crippen LogP contribution in [-0.2, 0) is 26.0 Å². The monoisotopic (exact) mass is 366 g/mol. The van der Waals surface area contributed by atoms with Crippen molar-refractivity contribution in [2.75, 3.05) is 17.1 Å². The average molecular weight is 366 g/mol. The van der Waals surface area contributed by atoms with Gasteiger partial charge >= 0.3 is 5.97 Å². The lowest BCUT2D eigenvalue weighted by Crippen LogP contribution is -2.37. The quantitative estimate of drug-likeness (QED) is 0.791. The Bertz CT molecular complexity index is 801. The Morgan fingerprint density at radius 3 is 2.68 bits per heavy atom. The fraction of sp³-hybridized carbons (Fsp3) is 0.529. The predicted octanol–water partition coefficient (Wildman–Crippen LogP) is 1.22. The van der Waals surface area contributed by atoms with E-state index in [1.54, 1.807) is 19.1 Å². The molecule has 1 fully saturated rings. The van der Waals surface area contributed by atoms with E-state index in [4.69, 9.17) is 4.74 Å². The first-order valence-corrected chi connectivity index (χ1v) is 10.2. The lowest BCUT2D eigenvalue weighted by Gasteiger charge is -2.29. The topological polar surface area (TPSA) is 92.8 Å². The molecule has 1 aromatic rings. The molecule has 0 aromatic heterocycles. The van der Waals surface area contributed by atoms with Gasteiger partial charge < -0.3 is 10.1 Å². The number of amides is 1. The molecule has 8 heteroatoms. The number of benzene rings is 1. The third-order valence-corrected chi connectivity index (χ3v) is 5.55. The van der Waals surface area contributed by atoms with Gasteiger partial charge in [0.25, 0.3) is 5.91 Å². The van der Waals surface area contributed by atoms with Crippen LogP contribution in [0.5, 0.6) is 0 Å². The molecule has 1 aromatic carbocycles. The standard InChI is InChI=1S/C17H22N2O5S/c1-11(16(20)18-14-6-7-14)24-17(21)13-5-8-15-12(10-13)4-3-9-19(15)25(2,22)23/h5,8,10-11,14H,3-4,6-7,9H2,1-2H3,(H,18,20)/t11-/m1/s1. The maximum atomic E-state index is 12.3. The Morgan fingerprint density at radius 2 is 2.04 bits per heavy atom. The Hall–Kier alpha value is -2.09. The number of carbonyl (C=O) groups is 2. The van der Waals surface area contributed by atoms with E-state index in [-0.39, 0.29) is 11.9 Å².